The van der Waals surface area contributed by atoms with Gasteiger partial charge in [0, 0.05) is 18.6 Å². The molecule has 3 nitrogen and oxygen atoms in total. The second-order valence-electron chi connectivity index (χ2n) is 6.48. The summed E-state index contributed by atoms with van der Waals surface area (Å²) in [5.74, 6) is 0.954. The summed E-state index contributed by atoms with van der Waals surface area (Å²) in [5, 5.41) is 3.90. The van der Waals surface area contributed by atoms with Crippen LogP contribution in [0.1, 0.15) is 46.5 Å². The molecule has 0 aliphatic carbocycles. The molecule has 0 aromatic rings. The first-order valence-electron chi connectivity index (χ1n) is 8.43. The van der Waals surface area contributed by atoms with Crippen molar-refractivity contribution in [3.8, 4) is 0 Å². The van der Waals surface area contributed by atoms with Crippen LogP contribution in [-0.4, -0.2) is 61.2 Å². The summed E-state index contributed by atoms with van der Waals surface area (Å²) < 4.78 is 0. The number of hydrogen-bond donors (Lipinski definition) is 1. The van der Waals surface area contributed by atoms with Crippen molar-refractivity contribution in [3.63, 3.8) is 0 Å². The molecule has 3 fully saturated rings. The molecule has 3 saturated heterocycles. The molecule has 0 aromatic carbocycles. The highest BCUT2D eigenvalue weighted by atomic mass is 15.2. The third-order valence-electron chi connectivity index (χ3n) is 5.16. The summed E-state index contributed by atoms with van der Waals surface area (Å²) >= 11 is 0. The molecule has 2 unspecified atom stereocenters. The van der Waals surface area contributed by atoms with E-state index in [1.807, 2.05) is 0 Å². The fraction of sp³-hybridized carbons (Fsp3) is 1.00. The van der Waals surface area contributed by atoms with Gasteiger partial charge in [-0.25, -0.2) is 0 Å². The molecule has 3 aliphatic rings. The van der Waals surface area contributed by atoms with Crippen molar-refractivity contribution < 1.29 is 0 Å². The van der Waals surface area contributed by atoms with Gasteiger partial charge in [0.2, 0.25) is 0 Å². The quantitative estimate of drug-likeness (QED) is 0.727. The zero-order valence-electron chi connectivity index (χ0n) is 13.2. The zero-order chi connectivity index (χ0) is 13.7. The van der Waals surface area contributed by atoms with Crippen LogP contribution in [-0.2, 0) is 0 Å². The molecule has 3 rings (SSSR count). The van der Waals surface area contributed by atoms with Crippen molar-refractivity contribution in [3.05, 3.63) is 0 Å². The number of piperidine rings is 3. The molecule has 19 heavy (non-hydrogen) atoms. The van der Waals surface area contributed by atoms with Crippen molar-refractivity contribution >= 4 is 0 Å². The molecule has 3 aliphatic heterocycles. The monoisotopic (exact) mass is 267 g/mol. The Balaban J connectivity index is 1.63. The molecule has 0 saturated carbocycles. The summed E-state index contributed by atoms with van der Waals surface area (Å²) in [6.45, 7) is 14.5. The molecule has 0 aromatic heterocycles. The minimum absolute atomic E-state index is 0.682. The molecule has 112 valence electrons. The van der Waals surface area contributed by atoms with Crippen molar-refractivity contribution in [1.82, 2.24) is 15.1 Å². The van der Waals surface area contributed by atoms with Crippen molar-refractivity contribution in [2.45, 2.75) is 58.5 Å². The number of fused-ring (bicyclic) bond motifs is 3. The molecular weight excluding hydrogens is 234 g/mol. The first-order chi connectivity index (χ1) is 9.22. The minimum Gasteiger partial charge on any atom is -0.310 e. The first-order valence-corrected chi connectivity index (χ1v) is 8.43. The molecule has 1 N–H and O–H groups in total. The van der Waals surface area contributed by atoms with E-state index in [2.05, 4.69) is 35.9 Å². The van der Waals surface area contributed by atoms with E-state index in [4.69, 9.17) is 0 Å². The lowest BCUT2D eigenvalue weighted by Gasteiger charge is -2.46. The molecule has 2 bridgehead atoms. The largest absolute Gasteiger partial charge is 0.310 e. The van der Waals surface area contributed by atoms with Crippen LogP contribution in [0, 0.1) is 5.92 Å². The van der Waals surface area contributed by atoms with Crippen molar-refractivity contribution in [2.75, 3.05) is 39.3 Å². The van der Waals surface area contributed by atoms with Gasteiger partial charge in [0.15, 0.2) is 0 Å². The van der Waals surface area contributed by atoms with Crippen LogP contribution in [0.3, 0.4) is 0 Å². The molecule has 0 spiro atoms. The Morgan fingerprint density at radius 1 is 1.21 bits per heavy atom. The van der Waals surface area contributed by atoms with E-state index in [1.54, 1.807) is 0 Å². The third kappa shape index (κ3) is 4.44. The van der Waals surface area contributed by atoms with Gasteiger partial charge in [-0.1, -0.05) is 13.8 Å². The van der Waals surface area contributed by atoms with Crippen LogP contribution in [0.15, 0.2) is 0 Å². The van der Waals surface area contributed by atoms with Gasteiger partial charge < -0.3 is 15.1 Å². The van der Waals surface area contributed by atoms with Gasteiger partial charge in [-0.2, -0.15) is 0 Å². The summed E-state index contributed by atoms with van der Waals surface area (Å²) in [6, 6.07) is 1.45. The highest BCUT2D eigenvalue weighted by molar-refractivity contribution is 4.91. The molecule has 0 amide bonds. The number of nitrogens with zero attached hydrogens (tertiary/aromatic N) is 2. The summed E-state index contributed by atoms with van der Waals surface area (Å²) in [4.78, 5) is 5.17. The maximum Gasteiger partial charge on any atom is 0.0226 e. The van der Waals surface area contributed by atoms with Crippen LogP contribution in [0.5, 0.6) is 0 Å². The Morgan fingerprint density at radius 3 is 2.42 bits per heavy atom. The Morgan fingerprint density at radius 2 is 1.89 bits per heavy atom. The third-order valence-corrected chi connectivity index (χ3v) is 5.16. The summed E-state index contributed by atoms with van der Waals surface area (Å²) in [6.07, 6.45) is 5.49. The zero-order valence-corrected chi connectivity index (χ0v) is 13.2. The maximum absolute atomic E-state index is 3.90. The van der Waals surface area contributed by atoms with E-state index in [0.717, 1.165) is 12.0 Å². The average molecular weight is 267 g/mol. The van der Waals surface area contributed by atoms with Gasteiger partial charge >= 0.3 is 0 Å². The first kappa shape index (κ1) is 15.3. The van der Waals surface area contributed by atoms with Crippen LogP contribution in [0.4, 0.5) is 0 Å². The van der Waals surface area contributed by atoms with Crippen LogP contribution >= 0.6 is 0 Å². The number of hydrogen-bond acceptors (Lipinski definition) is 3. The fourth-order valence-corrected chi connectivity index (χ4v) is 3.76. The van der Waals surface area contributed by atoms with Crippen LogP contribution in [0.2, 0.25) is 0 Å². The van der Waals surface area contributed by atoms with Crippen LogP contribution < -0.4 is 5.32 Å². The second kappa shape index (κ2) is 7.61. The molecule has 0 radical (unpaired) electrons. The predicted octanol–water partition coefficient (Wildman–Crippen LogP) is 2.18. The lowest BCUT2D eigenvalue weighted by atomic mass is 9.83. The van der Waals surface area contributed by atoms with Gasteiger partial charge in [0.05, 0.1) is 0 Å². The molecule has 3 heteroatoms. The van der Waals surface area contributed by atoms with Crippen molar-refractivity contribution in [2.24, 2.45) is 5.92 Å². The Bertz CT molecular complexity index is 244. The van der Waals surface area contributed by atoms with Gasteiger partial charge in [0.1, 0.15) is 0 Å². The highest BCUT2D eigenvalue weighted by Gasteiger charge is 2.34. The van der Waals surface area contributed by atoms with Gasteiger partial charge in [-0.15, -0.1) is 0 Å². The van der Waals surface area contributed by atoms with Crippen molar-refractivity contribution in [1.29, 1.82) is 0 Å². The van der Waals surface area contributed by atoms with E-state index >= 15 is 0 Å². The van der Waals surface area contributed by atoms with Crippen LogP contribution in [0.25, 0.3) is 0 Å². The lowest BCUT2D eigenvalue weighted by molar-refractivity contribution is 0.0672. The Labute approximate surface area is 119 Å². The van der Waals surface area contributed by atoms with Gasteiger partial charge in [0.25, 0.3) is 0 Å². The standard InChI is InChI=1S/C16H33N3/c1-4-18(5-2)10-6-7-14(3)17-16-13-19-11-8-15(16)9-12-19/h14-17H,4-13H2,1-3H3. The molecule has 2 atom stereocenters. The van der Waals surface area contributed by atoms with E-state index < -0.39 is 0 Å². The average Bonchev–Trinajstić information content (AvgIpc) is 2.45. The maximum atomic E-state index is 3.90. The topological polar surface area (TPSA) is 18.5 Å². The Hall–Kier alpha value is -0.120. The Kier molecular flexibility index (Phi) is 6.11. The number of nitrogens with one attached hydrogen (secondary N) is 1. The smallest absolute Gasteiger partial charge is 0.0226 e. The summed E-state index contributed by atoms with van der Waals surface area (Å²) in [5.41, 5.74) is 0. The fourth-order valence-electron chi connectivity index (χ4n) is 3.76. The highest BCUT2D eigenvalue weighted by Crippen LogP contribution is 2.27. The number of rotatable bonds is 8. The van der Waals surface area contributed by atoms with Gasteiger partial charge in [-0.05, 0) is 71.2 Å². The normalized spacial score (nSPS) is 31.9. The lowest BCUT2D eigenvalue weighted by Crippen LogP contribution is -2.57. The van der Waals surface area contributed by atoms with E-state index in [1.165, 1.54) is 65.0 Å². The predicted molar refractivity (Wildman–Crippen MR) is 82.6 cm³/mol. The minimum atomic E-state index is 0.682. The van der Waals surface area contributed by atoms with E-state index in [9.17, 15) is 0 Å². The second-order valence-corrected chi connectivity index (χ2v) is 6.48. The summed E-state index contributed by atoms with van der Waals surface area (Å²) in [7, 11) is 0. The molecule has 3 heterocycles. The molecular formula is C16H33N3. The van der Waals surface area contributed by atoms with Gasteiger partial charge in [-0.3, -0.25) is 0 Å². The van der Waals surface area contributed by atoms with E-state index in [0.29, 0.717) is 6.04 Å². The SMILES string of the molecule is CCN(CC)CCCC(C)NC1CN2CCC1CC2. The van der Waals surface area contributed by atoms with E-state index in [-0.39, 0.29) is 0 Å².